The second kappa shape index (κ2) is 10.6. The lowest BCUT2D eigenvalue weighted by Gasteiger charge is -2.24. The minimum atomic E-state index is 0.0455. The number of nitrogens with zero attached hydrogens (tertiary/aromatic N) is 2. The summed E-state index contributed by atoms with van der Waals surface area (Å²) in [5.74, 6) is 0.0455. The topological polar surface area (TPSA) is 23.6 Å². The molecule has 108 valence electrons. The average molecular weight is 264 g/mol. The summed E-state index contributed by atoms with van der Waals surface area (Å²) >= 11 is 0. The van der Waals surface area contributed by atoms with Crippen molar-refractivity contribution in [2.24, 2.45) is 0 Å². The van der Waals surface area contributed by atoms with E-state index in [9.17, 15) is 4.79 Å². The summed E-state index contributed by atoms with van der Waals surface area (Å²) in [5, 5.41) is 0. The Morgan fingerprint density at radius 1 is 1.16 bits per heavy atom. The zero-order valence-electron chi connectivity index (χ0n) is 12.9. The molecule has 0 N–H and O–H groups in total. The highest BCUT2D eigenvalue weighted by Crippen LogP contribution is 2.13. The lowest BCUT2D eigenvalue weighted by Crippen LogP contribution is -2.36. The van der Waals surface area contributed by atoms with E-state index in [-0.39, 0.29) is 5.91 Å². The van der Waals surface area contributed by atoms with E-state index < -0.39 is 0 Å². The lowest BCUT2D eigenvalue weighted by atomic mass is 10.3. The minimum absolute atomic E-state index is 0.0455. The van der Waals surface area contributed by atoms with Gasteiger partial charge in [0.25, 0.3) is 5.91 Å². The monoisotopic (exact) mass is 264 g/mol. The second-order valence-corrected chi connectivity index (χ2v) is 4.23. The first-order chi connectivity index (χ1) is 9.22. The molecule has 0 saturated carbocycles. The third-order valence-electron chi connectivity index (χ3n) is 2.84. The van der Waals surface area contributed by atoms with Gasteiger partial charge in [-0.3, -0.25) is 4.79 Å². The van der Waals surface area contributed by atoms with Crippen molar-refractivity contribution in [2.45, 2.75) is 40.5 Å². The highest BCUT2D eigenvalue weighted by Gasteiger charge is 2.20. The predicted octanol–water partition coefficient (Wildman–Crippen LogP) is 3.20. The van der Waals surface area contributed by atoms with Crippen molar-refractivity contribution in [2.75, 3.05) is 26.2 Å². The van der Waals surface area contributed by atoms with Crippen LogP contribution in [0.1, 0.15) is 40.5 Å². The zero-order valence-corrected chi connectivity index (χ0v) is 12.9. The molecule has 0 aromatic heterocycles. The summed E-state index contributed by atoms with van der Waals surface area (Å²) in [5.41, 5.74) is 3.59. The van der Waals surface area contributed by atoms with Crippen molar-refractivity contribution < 1.29 is 4.79 Å². The van der Waals surface area contributed by atoms with Crippen molar-refractivity contribution in [3.05, 3.63) is 30.2 Å². The molecular weight excluding hydrogens is 236 g/mol. The molecule has 0 atom stereocenters. The number of rotatable bonds is 7. The van der Waals surface area contributed by atoms with Crippen LogP contribution in [0.3, 0.4) is 0 Å². The summed E-state index contributed by atoms with van der Waals surface area (Å²) in [6.45, 7) is 15.8. The summed E-state index contributed by atoms with van der Waals surface area (Å²) in [6.07, 6.45) is 5.66. The van der Waals surface area contributed by atoms with Gasteiger partial charge >= 0.3 is 0 Å². The molecule has 0 aromatic carbocycles. The molecule has 0 aliphatic carbocycles. The van der Waals surface area contributed by atoms with Gasteiger partial charge in [0.2, 0.25) is 0 Å². The molecular formula is C16H28N2O. The van der Waals surface area contributed by atoms with Crippen LogP contribution in [-0.2, 0) is 4.79 Å². The molecule has 3 heteroatoms. The molecule has 1 amide bonds. The van der Waals surface area contributed by atoms with Gasteiger partial charge in [-0.2, -0.15) is 0 Å². The van der Waals surface area contributed by atoms with E-state index in [0.717, 1.165) is 44.7 Å². The third kappa shape index (κ3) is 5.91. The van der Waals surface area contributed by atoms with E-state index in [1.807, 2.05) is 13.8 Å². The van der Waals surface area contributed by atoms with Crippen molar-refractivity contribution in [3.8, 4) is 0 Å². The van der Waals surface area contributed by atoms with Gasteiger partial charge in [0.1, 0.15) is 0 Å². The fourth-order valence-electron chi connectivity index (χ4n) is 2.04. The normalized spacial score (nSPS) is 13.6. The Morgan fingerprint density at radius 2 is 1.74 bits per heavy atom. The molecule has 0 fully saturated rings. The van der Waals surface area contributed by atoms with Crippen molar-refractivity contribution in [3.63, 3.8) is 0 Å². The summed E-state index contributed by atoms with van der Waals surface area (Å²) in [7, 11) is 0. The maximum atomic E-state index is 11.6. The molecule has 0 bridgehead atoms. The van der Waals surface area contributed by atoms with Gasteiger partial charge in [-0.25, -0.2) is 0 Å². The van der Waals surface area contributed by atoms with Crippen LogP contribution < -0.4 is 0 Å². The van der Waals surface area contributed by atoms with Crippen LogP contribution in [-0.4, -0.2) is 41.9 Å². The fraction of sp³-hybridized carbons (Fsp3) is 0.625. The van der Waals surface area contributed by atoms with Crippen LogP contribution in [0, 0.1) is 0 Å². The smallest absolute Gasteiger partial charge is 0.251 e. The first-order valence-corrected chi connectivity index (χ1v) is 7.34. The number of allylic oxidation sites excluding steroid dienone is 1. The summed E-state index contributed by atoms with van der Waals surface area (Å²) in [4.78, 5) is 15.7. The molecule has 0 saturated heterocycles. The number of carbonyl (C=O) groups excluding carboxylic acids is 1. The van der Waals surface area contributed by atoms with Crippen molar-refractivity contribution >= 4 is 5.91 Å². The highest BCUT2D eigenvalue weighted by molar-refractivity contribution is 5.93. The van der Waals surface area contributed by atoms with Gasteiger partial charge in [-0.15, -0.1) is 5.73 Å². The Kier molecular flexibility index (Phi) is 9.87. The highest BCUT2D eigenvalue weighted by atomic mass is 16.2. The minimum Gasteiger partial charge on any atom is -0.302 e. The fourth-order valence-corrected chi connectivity index (χ4v) is 2.04. The van der Waals surface area contributed by atoms with E-state index in [0.29, 0.717) is 0 Å². The largest absolute Gasteiger partial charge is 0.302 e. The summed E-state index contributed by atoms with van der Waals surface area (Å²) < 4.78 is 0. The van der Waals surface area contributed by atoms with E-state index >= 15 is 0 Å². The van der Waals surface area contributed by atoms with E-state index in [2.05, 4.69) is 31.1 Å². The van der Waals surface area contributed by atoms with Gasteiger partial charge in [-0.05, 0) is 32.0 Å². The van der Waals surface area contributed by atoms with Crippen LogP contribution in [0.4, 0.5) is 0 Å². The van der Waals surface area contributed by atoms with Crippen LogP contribution >= 0.6 is 0 Å². The summed E-state index contributed by atoms with van der Waals surface area (Å²) in [6, 6.07) is 0. The SMILES string of the molecule is C=C=C1C=CC(=O)N1CCN(CCC)CCC.CC. The molecule has 0 radical (unpaired) electrons. The second-order valence-electron chi connectivity index (χ2n) is 4.23. The quantitative estimate of drug-likeness (QED) is 0.659. The van der Waals surface area contributed by atoms with Gasteiger partial charge in [0.15, 0.2) is 0 Å². The number of amides is 1. The molecule has 19 heavy (non-hydrogen) atoms. The molecule has 1 heterocycles. The van der Waals surface area contributed by atoms with Gasteiger partial charge in [-0.1, -0.05) is 34.3 Å². The van der Waals surface area contributed by atoms with Gasteiger partial charge in [0, 0.05) is 19.2 Å². The van der Waals surface area contributed by atoms with Crippen LogP contribution in [0.5, 0.6) is 0 Å². The third-order valence-corrected chi connectivity index (χ3v) is 2.84. The van der Waals surface area contributed by atoms with Crippen LogP contribution in [0.2, 0.25) is 0 Å². The molecule has 1 aliphatic heterocycles. The van der Waals surface area contributed by atoms with Crippen molar-refractivity contribution in [1.29, 1.82) is 0 Å². The maximum Gasteiger partial charge on any atom is 0.251 e. The first-order valence-electron chi connectivity index (χ1n) is 7.34. The number of hydrogen-bond donors (Lipinski definition) is 0. The van der Waals surface area contributed by atoms with Gasteiger partial charge < -0.3 is 9.80 Å². The Morgan fingerprint density at radius 3 is 2.21 bits per heavy atom. The zero-order chi connectivity index (χ0) is 14.7. The maximum absolute atomic E-state index is 11.6. The Hall–Kier alpha value is -1.31. The molecule has 1 rings (SSSR count). The average Bonchev–Trinajstić information content (AvgIpc) is 2.79. The Bertz CT molecular complexity index is 335. The number of carbonyl (C=O) groups is 1. The van der Waals surface area contributed by atoms with Crippen molar-refractivity contribution in [1.82, 2.24) is 9.80 Å². The lowest BCUT2D eigenvalue weighted by molar-refractivity contribution is -0.123. The molecule has 0 unspecified atom stereocenters. The van der Waals surface area contributed by atoms with E-state index in [1.165, 1.54) is 0 Å². The molecule has 3 nitrogen and oxygen atoms in total. The molecule has 1 aliphatic rings. The Balaban J connectivity index is 0.00000154. The predicted molar refractivity (Wildman–Crippen MR) is 81.9 cm³/mol. The van der Waals surface area contributed by atoms with Crippen LogP contribution in [0.15, 0.2) is 30.2 Å². The first kappa shape index (κ1) is 17.7. The molecule has 0 spiro atoms. The van der Waals surface area contributed by atoms with E-state index in [1.54, 1.807) is 17.1 Å². The van der Waals surface area contributed by atoms with Crippen LogP contribution in [0.25, 0.3) is 0 Å². The standard InChI is InChI=1S/C14H22N2O.C2H6/c1-4-9-15(10-5-2)11-12-16-13(6-3)7-8-14(16)17;1-2/h7-8H,3-5,9-12H2,1-2H3;1-2H3. The van der Waals surface area contributed by atoms with Gasteiger partial charge in [0.05, 0.1) is 5.70 Å². The van der Waals surface area contributed by atoms with E-state index in [4.69, 9.17) is 0 Å². The Labute approximate surface area is 118 Å². The molecule has 0 aromatic rings. The number of hydrogen-bond acceptors (Lipinski definition) is 2.